The number of benzene rings is 2. The third-order valence-corrected chi connectivity index (χ3v) is 6.93. The van der Waals surface area contributed by atoms with Gasteiger partial charge in [0.15, 0.2) is 0 Å². The Kier molecular flexibility index (Phi) is 6.78. The zero-order chi connectivity index (χ0) is 20.1. The first kappa shape index (κ1) is 20.9. The van der Waals surface area contributed by atoms with E-state index in [4.69, 9.17) is 23.2 Å². The zero-order valence-corrected chi connectivity index (χ0v) is 17.4. The molecule has 0 saturated carbocycles. The summed E-state index contributed by atoms with van der Waals surface area (Å²) >= 11 is 11.9. The molecule has 1 fully saturated rings. The number of hydrogen-bond donors (Lipinski definition) is 1. The van der Waals surface area contributed by atoms with Crippen molar-refractivity contribution in [1.29, 1.82) is 0 Å². The number of piperidine rings is 1. The second-order valence-corrected chi connectivity index (χ2v) is 9.26. The van der Waals surface area contributed by atoms with Gasteiger partial charge in [0.1, 0.15) is 0 Å². The van der Waals surface area contributed by atoms with E-state index in [9.17, 15) is 13.2 Å². The van der Waals surface area contributed by atoms with Gasteiger partial charge in [0.25, 0.3) is 0 Å². The SMILES string of the molecule is O=C(/C=C/c1ccc(Cl)cc1Cl)Nc1ccc(S(=O)(=O)N2CCCCC2)cc1. The molecule has 0 bridgehead atoms. The topological polar surface area (TPSA) is 66.5 Å². The van der Waals surface area contributed by atoms with E-state index in [2.05, 4.69) is 5.32 Å². The summed E-state index contributed by atoms with van der Waals surface area (Å²) in [5, 5.41) is 3.67. The van der Waals surface area contributed by atoms with Crippen LogP contribution in [-0.2, 0) is 14.8 Å². The molecule has 1 aliphatic rings. The third-order valence-electron chi connectivity index (χ3n) is 4.45. The van der Waals surface area contributed by atoms with E-state index in [1.165, 1.54) is 22.5 Å². The molecule has 0 aliphatic carbocycles. The van der Waals surface area contributed by atoms with Gasteiger partial charge in [-0.25, -0.2) is 8.42 Å². The van der Waals surface area contributed by atoms with Crippen LogP contribution in [0.1, 0.15) is 24.8 Å². The summed E-state index contributed by atoms with van der Waals surface area (Å²) in [4.78, 5) is 12.3. The maximum Gasteiger partial charge on any atom is 0.248 e. The summed E-state index contributed by atoms with van der Waals surface area (Å²) in [6.45, 7) is 1.11. The largest absolute Gasteiger partial charge is 0.323 e. The summed E-state index contributed by atoms with van der Waals surface area (Å²) in [5.74, 6) is -0.349. The number of anilines is 1. The number of nitrogens with zero attached hydrogens (tertiary/aromatic N) is 1. The number of halogens is 2. The van der Waals surface area contributed by atoms with Gasteiger partial charge in [-0.2, -0.15) is 4.31 Å². The Morgan fingerprint density at radius 3 is 2.32 bits per heavy atom. The van der Waals surface area contributed by atoms with Gasteiger partial charge in [0.2, 0.25) is 15.9 Å². The summed E-state index contributed by atoms with van der Waals surface area (Å²) < 4.78 is 26.8. The van der Waals surface area contributed by atoms with E-state index >= 15 is 0 Å². The van der Waals surface area contributed by atoms with Crippen LogP contribution in [0.2, 0.25) is 10.0 Å². The van der Waals surface area contributed by atoms with Crippen molar-refractivity contribution in [3.63, 3.8) is 0 Å². The fraction of sp³-hybridized carbons (Fsp3) is 0.250. The van der Waals surface area contributed by atoms with Crippen LogP contribution in [0.25, 0.3) is 6.08 Å². The number of amides is 1. The highest BCUT2D eigenvalue weighted by molar-refractivity contribution is 7.89. The smallest absolute Gasteiger partial charge is 0.248 e. The van der Waals surface area contributed by atoms with Crippen molar-refractivity contribution in [1.82, 2.24) is 4.31 Å². The predicted molar refractivity (Wildman–Crippen MR) is 113 cm³/mol. The molecule has 1 heterocycles. The van der Waals surface area contributed by atoms with Gasteiger partial charge >= 0.3 is 0 Å². The second-order valence-electron chi connectivity index (χ2n) is 6.48. The maximum absolute atomic E-state index is 12.6. The Balaban J connectivity index is 1.65. The number of sulfonamides is 1. The Hall–Kier alpha value is -1.86. The van der Waals surface area contributed by atoms with Crippen LogP contribution in [0, 0.1) is 0 Å². The molecule has 0 unspecified atom stereocenters. The summed E-state index contributed by atoms with van der Waals surface area (Å²) in [6.07, 6.45) is 5.77. The molecular formula is C20H20Cl2N2O3S. The highest BCUT2D eigenvalue weighted by atomic mass is 35.5. The van der Waals surface area contributed by atoms with Crippen molar-refractivity contribution in [2.24, 2.45) is 0 Å². The van der Waals surface area contributed by atoms with Crippen LogP contribution < -0.4 is 5.32 Å². The molecule has 1 saturated heterocycles. The zero-order valence-electron chi connectivity index (χ0n) is 15.1. The lowest BCUT2D eigenvalue weighted by Crippen LogP contribution is -2.35. The molecule has 0 spiro atoms. The highest BCUT2D eigenvalue weighted by Gasteiger charge is 2.25. The molecule has 1 amide bonds. The average Bonchev–Trinajstić information content (AvgIpc) is 2.68. The molecule has 1 N–H and O–H groups in total. The van der Waals surface area contributed by atoms with Gasteiger partial charge in [-0.1, -0.05) is 35.7 Å². The van der Waals surface area contributed by atoms with Crippen LogP contribution in [0.4, 0.5) is 5.69 Å². The summed E-state index contributed by atoms with van der Waals surface area (Å²) in [6, 6.07) is 11.2. The molecule has 2 aromatic carbocycles. The second kappa shape index (κ2) is 9.09. The van der Waals surface area contributed by atoms with Crippen molar-refractivity contribution in [2.45, 2.75) is 24.2 Å². The molecule has 8 heteroatoms. The number of hydrogen-bond acceptors (Lipinski definition) is 3. The predicted octanol–water partition coefficient (Wildman–Crippen LogP) is 4.82. The van der Waals surface area contributed by atoms with Crippen LogP contribution in [0.3, 0.4) is 0 Å². The number of rotatable bonds is 5. The Morgan fingerprint density at radius 1 is 1.00 bits per heavy atom. The highest BCUT2D eigenvalue weighted by Crippen LogP contribution is 2.23. The molecule has 0 radical (unpaired) electrons. The van der Waals surface area contributed by atoms with Crippen LogP contribution in [-0.4, -0.2) is 31.7 Å². The van der Waals surface area contributed by atoms with Gasteiger partial charge in [-0.05, 0) is 60.9 Å². The van der Waals surface area contributed by atoms with Crippen molar-refractivity contribution < 1.29 is 13.2 Å². The normalized spacial score (nSPS) is 15.6. The number of nitrogens with one attached hydrogen (secondary N) is 1. The van der Waals surface area contributed by atoms with Gasteiger partial charge in [0.05, 0.1) is 4.90 Å². The Morgan fingerprint density at radius 2 is 1.68 bits per heavy atom. The van der Waals surface area contributed by atoms with E-state index < -0.39 is 10.0 Å². The van der Waals surface area contributed by atoms with E-state index in [1.807, 2.05) is 0 Å². The molecule has 0 atom stereocenters. The molecule has 5 nitrogen and oxygen atoms in total. The van der Waals surface area contributed by atoms with Crippen molar-refractivity contribution >= 4 is 50.9 Å². The first-order chi connectivity index (χ1) is 13.4. The van der Waals surface area contributed by atoms with Gasteiger partial charge in [-0.3, -0.25) is 4.79 Å². The molecule has 2 aromatic rings. The molecule has 0 aromatic heterocycles. The van der Waals surface area contributed by atoms with Crippen molar-refractivity contribution in [3.05, 3.63) is 64.1 Å². The van der Waals surface area contributed by atoms with Crippen LogP contribution in [0.5, 0.6) is 0 Å². The van der Waals surface area contributed by atoms with Crippen LogP contribution in [0.15, 0.2) is 53.4 Å². The van der Waals surface area contributed by atoms with Gasteiger partial charge in [-0.15, -0.1) is 0 Å². The first-order valence-corrected chi connectivity index (χ1v) is 11.1. The average molecular weight is 439 g/mol. The first-order valence-electron chi connectivity index (χ1n) is 8.90. The lowest BCUT2D eigenvalue weighted by molar-refractivity contribution is -0.111. The van der Waals surface area contributed by atoms with Crippen LogP contribution >= 0.6 is 23.2 Å². The molecule has 148 valence electrons. The van der Waals surface area contributed by atoms with Gasteiger partial charge < -0.3 is 5.32 Å². The number of carbonyl (C=O) groups excluding carboxylic acids is 1. The minimum Gasteiger partial charge on any atom is -0.323 e. The summed E-state index contributed by atoms with van der Waals surface area (Å²) in [5.41, 5.74) is 1.18. The van der Waals surface area contributed by atoms with E-state index in [-0.39, 0.29) is 10.8 Å². The van der Waals surface area contributed by atoms with E-state index in [0.717, 1.165) is 19.3 Å². The fourth-order valence-corrected chi connectivity index (χ4v) is 4.94. The van der Waals surface area contributed by atoms with Gasteiger partial charge in [0, 0.05) is 34.9 Å². The lowest BCUT2D eigenvalue weighted by Gasteiger charge is -2.25. The van der Waals surface area contributed by atoms with Crippen molar-refractivity contribution in [3.8, 4) is 0 Å². The molecule has 3 rings (SSSR count). The molecular weight excluding hydrogens is 419 g/mol. The Bertz CT molecular complexity index is 983. The quantitative estimate of drug-likeness (QED) is 0.680. The minimum absolute atomic E-state index is 0.232. The van der Waals surface area contributed by atoms with E-state index in [0.29, 0.717) is 34.4 Å². The molecule has 28 heavy (non-hydrogen) atoms. The third kappa shape index (κ3) is 5.14. The standard InChI is InChI=1S/C20H20Cl2N2O3S/c21-16-6-4-15(19(22)14-16)5-11-20(25)23-17-7-9-18(10-8-17)28(26,27)24-12-2-1-3-13-24/h4-11,14H,1-3,12-13H2,(H,23,25)/b11-5+. The Labute approximate surface area is 175 Å². The fourth-order valence-electron chi connectivity index (χ4n) is 2.95. The van der Waals surface area contributed by atoms with E-state index in [1.54, 1.807) is 36.4 Å². The maximum atomic E-state index is 12.6. The number of carbonyl (C=O) groups is 1. The summed E-state index contributed by atoms with van der Waals surface area (Å²) in [7, 11) is -3.48. The lowest BCUT2D eigenvalue weighted by atomic mass is 10.2. The minimum atomic E-state index is -3.48. The van der Waals surface area contributed by atoms with Crippen molar-refractivity contribution in [2.75, 3.05) is 18.4 Å². The monoisotopic (exact) mass is 438 g/mol. The molecule has 1 aliphatic heterocycles.